The molecular weight excluding hydrogens is 272 g/mol. The van der Waals surface area contributed by atoms with E-state index < -0.39 is 0 Å². The third kappa shape index (κ3) is 19.4. The van der Waals surface area contributed by atoms with Crippen LogP contribution in [0, 0.1) is 0 Å². The number of hydrogen-bond acceptors (Lipinski definition) is 2. The van der Waals surface area contributed by atoms with Crippen molar-refractivity contribution in [1.29, 1.82) is 0 Å². The van der Waals surface area contributed by atoms with Gasteiger partial charge in [-0.1, -0.05) is 69.8 Å². The highest BCUT2D eigenvalue weighted by atomic mass is 17.2. The maximum Gasteiger partial charge on any atom is 0.0856 e. The zero-order chi connectivity index (χ0) is 16.1. The van der Waals surface area contributed by atoms with E-state index in [-0.39, 0.29) is 0 Å². The maximum atomic E-state index is 4.95. The molecule has 0 saturated carbocycles. The van der Waals surface area contributed by atoms with Gasteiger partial charge in [-0.15, -0.1) is 0 Å². The lowest BCUT2D eigenvalue weighted by atomic mass is 10.1. The fourth-order valence-corrected chi connectivity index (χ4v) is 2.28. The lowest BCUT2D eigenvalue weighted by Gasteiger charge is -2.00. The van der Waals surface area contributed by atoms with Crippen molar-refractivity contribution in [2.75, 3.05) is 13.2 Å². The lowest BCUT2D eigenvalue weighted by molar-refractivity contribution is -0.290. The van der Waals surface area contributed by atoms with Gasteiger partial charge in [0.05, 0.1) is 13.2 Å². The predicted octanol–water partition coefficient (Wildman–Crippen LogP) is 6.77. The molecule has 0 heterocycles. The Morgan fingerprint density at radius 1 is 0.545 bits per heavy atom. The van der Waals surface area contributed by atoms with Crippen LogP contribution in [0.15, 0.2) is 24.3 Å². The summed E-state index contributed by atoms with van der Waals surface area (Å²) in [5.41, 5.74) is 0. The molecule has 22 heavy (non-hydrogen) atoms. The lowest BCUT2D eigenvalue weighted by Crippen LogP contribution is -1.94. The van der Waals surface area contributed by atoms with E-state index in [9.17, 15) is 0 Å². The number of rotatable bonds is 17. The van der Waals surface area contributed by atoms with E-state index >= 15 is 0 Å². The predicted molar refractivity (Wildman–Crippen MR) is 96.9 cm³/mol. The second-order valence-corrected chi connectivity index (χ2v) is 5.80. The average Bonchev–Trinajstić information content (AvgIpc) is 2.54. The van der Waals surface area contributed by atoms with Gasteiger partial charge in [-0.3, -0.25) is 0 Å². The van der Waals surface area contributed by atoms with Crippen molar-refractivity contribution in [3.05, 3.63) is 24.3 Å². The van der Waals surface area contributed by atoms with E-state index in [0.717, 1.165) is 6.42 Å². The Morgan fingerprint density at radius 3 is 1.59 bits per heavy atom. The third-order valence-corrected chi connectivity index (χ3v) is 3.62. The van der Waals surface area contributed by atoms with Crippen molar-refractivity contribution in [1.82, 2.24) is 0 Å². The molecule has 0 atom stereocenters. The van der Waals surface area contributed by atoms with E-state index in [1.165, 1.54) is 70.6 Å². The Hall–Kier alpha value is -0.600. The van der Waals surface area contributed by atoms with Gasteiger partial charge in [-0.05, 0) is 45.4 Å². The largest absolute Gasteiger partial charge is 0.237 e. The Balaban J connectivity index is 3.08. The van der Waals surface area contributed by atoms with E-state index in [4.69, 9.17) is 9.78 Å². The molecule has 0 amide bonds. The summed E-state index contributed by atoms with van der Waals surface area (Å²) in [6.07, 6.45) is 24.8. The molecule has 0 spiro atoms. The van der Waals surface area contributed by atoms with E-state index in [1.54, 1.807) is 0 Å². The van der Waals surface area contributed by atoms with Gasteiger partial charge >= 0.3 is 0 Å². The van der Waals surface area contributed by atoms with Gasteiger partial charge in [0.1, 0.15) is 0 Å². The standard InChI is InChI=1S/C20H38O2/c1-3-5-6-7-8-9-10-11-12-13-14-15-16-17-18-19-20-22-21-4-2/h7-8,17-18H,3-6,9-16,19-20H2,1-2H3/b8-7-,18-17+. The summed E-state index contributed by atoms with van der Waals surface area (Å²) in [6, 6.07) is 0. The molecule has 2 heteroatoms. The van der Waals surface area contributed by atoms with Crippen molar-refractivity contribution in [3.63, 3.8) is 0 Å². The van der Waals surface area contributed by atoms with Crippen molar-refractivity contribution >= 4 is 0 Å². The first kappa shape index (κ1) is 21.4. The molecule has 0 rings (SSSR count). The van der Waals surface area contributed by atoms with Gasteiger partial charge < -0.3 is 0 Å². The van der Waals surface area contributed by atoms with Crippen LogP contribution in [0.4, 0.5) is 0 Å². The van der Waals surface area contributed by atoms with Gasteiger partial charge in [0, 0.05) is 0 Å². The van der Waals surface area contributed by atoms with Crippen LogP contribution in [-0.4, -0.2) is 13.2 Å². The summed E-state index contributed by atoms with van der Waals surface area (Å²) < 4.78 is 0. The first-order valence-corrected chi connectivity index (χ1v) is 9.46. The number of allylic oxidation sites excluding steroid dienone is 3. The molecule has 0 fully saturated rings. The van der Waals surface area contributed by atoms with Gasteiger partial charge in [0.25, 0.3) is 0 Å². The normalized spacial score (nSPS) is 11.9. The van der Waals surface area contributed by atoms with Crippen LogP contribution in [0.25, 0.3) is 0 Å². The molecule has 2 nitrogen and oxygen atoms in total. The van der Waals surface area contributed by atoms with Gasteiger partial charge in [0.15, 0.2) is 0 Å². The molecule has 0 aromatic rings. The Morgan fingerprint density at radius 2 is 1.05 bits per heavy atom. The summed E-state index contributed by atoms with van der Waals surface area (Å²) >= 11 is 0. The summed E-state index contributed by atoms with van der Waals surface area (Å²) in [6.45, 7) is 5.47. The number of unbranched alkanes of at least 4 members (excludes halogenated alkanes) is 9. The van der Waals surface area contributed by atoms with Crippen LogP contribution in [0.1, 0.15) is 90.9 Å². The Bertz CT molecular complexity index is 246. The summed E-state index contributed by atoms with van der Waals surface area (Å²) in [5, 5.41) is 0. The smallest absolute Gasteiger partial charge is 0.0856 e. The highest BCUT2D eigenvalue weighted by molar-refractivity contribution is 4.81. The summed E-state index contributed by atoms with van der Waals surface area (Å²) in [7, 11) is 0. The van der Waals surface area contributed by atoms with Crippen molar-refractivity contribution in [2.24, 2.45) is 0 Å². The fraction of sp³-hybridized carbons (Fsp3) is 0.800. The maximum absolute atomic E-state index is 4.95. The van der Waals surface area contributed by atoms with Crippen LogP contribution < -0.4 is 0 Å². The molecule has 0 aliphatic heterocycles. The van der Waals surface area contributed by atoms with Gasteiger partial charge in [-0.2, -0.15) is 0 Å². The molecular formula is C20H38O2. The van der Waals surface area contributed by atoms with Crippen LogP contribution in [0.3, 0.4) is 0 Å². The zero-order valence-corrected chi connectivity index (χ0v) is 15.0. The second-order valence-electron chi connectivity index (χ2n) is 5.80. The van der Waals surface area contributed by atoms with Crippen molar-refractivity contribution < 1.29 is 9.78 Å². The van der Waals surface area contributed by atoms with E-state index in [0.29, 0.717) is 13.2 Å². The average molecular weight is 311 g/mol. The minimum absolute atomic E-state index is 0.624. The molecule has 0 saturated heterocycles. The Kier molecular flexibility index (Phi) is 19.8. The molecule has 0 aromatic heterocycles. The van der Waals surface area contributed by atoms with E-state index in [1.807, 2.05) is 6.92 Å². The Labute approximate surface area is 138 Å². The number of hydrogen-bond donors (Lipinski definition) is 0. The molecule has 0 unspecified atom stereocenters. The molecule has 0 aliphatic carbocycles. The minimum atomic E-state index is 0.624. The molecule has 130 valence electrons. The highest BCUT2D eigenvalue weighted by Crippen LogP contribution is 2.09. The monoisotopic (exact) mass is 310 g/mol. The third-order valence-electron chi connectivity index (χ3n) is 3.62. The first-order chi connectivity index (χ1) is 10.9. The van der Waals surface area contributed by atoms with Crippen LogP contribution in [0.5, 0.6) is 0 Å². The molecule has 0 aliphatic rings. The van der Waals surface area contributed by atoms with Crippen LogP contribution >= 0.6 is 0 Å². The minimum Gasteiger partial charge on any atom is -0.237 e. The van der Waals surface area contributed by atoms with Crippen molar-refractivity contribution in [3.8, 4) is 0 Å². The summed E-state index contributed by atoms with van der Waals surface area (Å²) in [5.74, 6) is 0. The van der Waals surface area contributed by atoms with E-state index in [2.05, 4.69) is 31.2 Å². The molecule has 0 bridgehead atoms. The quantitative estimate of drug-likeness (QED) is 0.128. The first-order valence-electron chi connectivity index (χ1n) is 9.46. The fourth-order valence-electron chi connectivity index (χ4n) is 2.28. The van der Waals surface area contributed by atoms with Crippen LogP contribution in [-0.2, 0) is 9.78 Å². The van der Waals surface area contributed by atoms with Crippen molar-refractivity contribution in [2.45, 2.75) is 90.9 Å². The molecule has 0 N–H and O–H groups in total. The van der Waals surface area contributed by atoms with Crippen LogP contribution in [0.2, 0.25) is 0 Å². The topological polar surface area (TPSA) is 18.5 Å². The second kappa shape index (κ2) is 20.4. The van der Waals surface area contributed by atoms with Gasteiger partial charge in [0.2, 0.25) is 0 Å². The van der Waals surface area contributed by atoms with Gasteiger partial charge in [-0.25, -0.2) is 9.78 Å². The molecule has 0 radical (unpaired) electrons. The SMILES string of the molecule is CCCC/C=C\CCCCCCCC/C=C/CCOOCC. The highest BCUT2D eigenvalue weighted by Gasteiger charge is 1.90. The zero-order valence-electron chi connectivity index (χ0n) is 15.0. The summed E-state index contributed by atoms with van der Waals surface area (Å²) in [4.78, 5) is 9.77. The molecule has 0 aromatic carbocycles.